The van der Waals surface area contributed by atoms with Gasteiger partial charge in [0.2, 0.25) is 0 Å². The van der Waals surface area contributed by atoms with Crippen LogP contribution >= 0.6 is 0 Å². The Hall–Kier alpha value is -2.88. The number of pyridine rings is 1. The fourth-order valence-corrected chi connectivity index (χ4v) is 2.67. The molecule has 0 spiro atoms. The SMILES string of the molecule is C[C@@H](Oc1ccc2ccccc2c1)C(=O)NCCCc1ccccn1. The van der Waals surface area contributed by atoms with Crippen LogP contribution in [0.3, 0.4) is 0 Å². The quantitative estimate of drug-likeness (QED) is 0.670. The number of hydrogen-bond donors (Lipinski definition) is 1. The van der Waals surface area contributed by atoms with Crippen molar-refractivity contribution in [1.29, 1.82) is 0 Å². The normalized spacial score (nSPS) is 11.9. The molecule has 0 aliphatic rings. The molecule has 1 atom stereocenters. The molecular weight excluding hydrogens is 312 g/mol. The Balaban J connectivity index is 1.46. The van der Waals surface area contributed by atoms with E-state index in [0.717, 1.165) is 29.3 Å². The molecule has 0 unspecified atom stereocenters. The molecule has 4 nitrogen and oxygen atoms in total. The summed E-state index contributed by atoms with van der Waals surface area (Å²) in [7, 11) is 0. The predicted molar refractivity (Wildman–Crippen MR) is 99.6 cm³/mol. The highest BCUT2D eigenvalue weighted by Gasteiger charge is 2.14. The molecule has 4 heteroatoms. The van der Waals surface area contributed by atoms with Crippen LogP contribution in [0, 0.1) is 0 Å². The van der Waals surface area contributed by atoms with E-state index >= 15 is 0 Å². The van der Waals surface area contributed by atoms with Gasteiger partial charge >= 0.3 is 0 Å². The van der Waals surface area contributed by atoms with Crippen LogP contribution in [0.25, 0.3) is 10.8 Å². The molecule has 0 aliphatic heterocycles. The number of carbonyl (C=O) groups excluding carboxylic acids is 1. The number of hydrogen-bond acceptors (Lipinski definition) is 3. The number of nitrogens with one attached hydrogen (secondary N) is 1. The summed E-state index contributed by atoms with van der Waals surface area (Å²) >= 11 is 0. The van der Waals surface area contributed by atoms with E-state index in [2.05, 4.69) is 16.4 Å². The first-order chi connectivity index (χ1) is 12.2. The summed E-state index contributed by atoms with van der Waals surface area (Å²) in [5, 5.41) is 5.17. The number of nitrogens with zero attached hydrogens (tertiary/aromatic N) is 1. The van der Waals surface area contributed by atoms with Crippen LogP contribution in [-0.2, 0) is 11.2 Å². The van der Waals surface area contributed by atoms with Crippen LogP contribution < -0.4 is 10.1 Å². The standard InChI is InChI=1S/C21H22N2O2/c1-16(21(24)23-14-6-10-19-9-4-5-13-22-19)25-20-12-11-17-7-2-3-8-18(17)15-20/h2-5,7-9,11-13,15-16H,6,10,14H2,1H3,(H,23,24)/t16-/m1/s1. The summed E-state index contributed by atoms with van der Waals surface area (Å²) in [6, 6.07) is 19.8. The fourth-order valence-electron chi connectivity index (χ4n) is 2.67. The number of carbonyl (C=O) groups is 1. The second-order valence-electron chi connectivity index (χ2n) is 5.98. The zero-order chi connectivity index (χ0) is 17.5. The van der Waals surface area contributed by atoms with E-state index in [1.54, 1.807) is 13.1 Å². The Morgan fingerprint density at radius 3 is 2.68 bits per heavy atom. The van der Waals surface area contributed by atoms with Gasteiger partial charge in [0, 0.05) is 18.4 Å². The van der Waals surface area contributed by atoms with Crippen molar-refractivity contribution in [3.05, 3.63) is 72.6 Å². The van der Waals surface area contributed by atoms with Crippen LogP contribution in [0.5, 0.6) is 5.75 Å². The molecule has 0 bridgehead atoms. The van der Waals surface area contributed by atoms with E-state index in [-0.39, 0.29) is 5.91 Å². The third-order valence-corrected chi connectivity index (χ3v) is 4.04. The topological polar surface area (TPSA) is 51.2 Å². The number of aromatic nitrogens is 1. The molecule has 0 saturated carbocycles. The fraction of sp³-hybridized carbons (Fsp3) is 0.238. The van der Waals surface area contributed by atoms with Gasteiger partial charge in [0.05, 0.1) is 0 Å². The van der Waals surface area contributed by atoms with Gasteiger partial charge in [-0.1, -0.05) is 36.4 Å². The number of rotatable bonds is 7. The highest BCUT2D eigenvalue weighted by molar-refractivity contribution is 5.84. The van der Waals surface area contributed by atoms with E-state index in [1.807, 2.05) is 54.6 Å². The van der Waals surface area contributed by atoms with E-state index in [1.165, 1.54) is 0 Å². The zero-order valence-corrected chi connectivity index (χ0v) is 14.3. The molecule has 1 heterocycles. The summed E-state index contributed by atoms with van der Waals surface area (Å²) < 4.78 is 5.78. The van der Waals surface area contributed by atoms with Gasteiger partial charge in [-0.3, -0.25) is 9.78 Å². The smallest absolute Gasteiger partial charge is 0.260 e. The molecular formula is C21H22N2O2. The molecule has 3 aromatic rings. The minimum absolute atomic E-state index is 0.103. The Morgan fingerprint density at radius 2 is 1.88 bits per heavy atom. The van der Waals surface area contributed by atoms with Crippen LogP contribution in [0.15, 0.2) is 66.9 Å². The summed E-state index contributed by atoms with van der Waals surface area (Å²) in [6.07, 6.45) is 2.95. The van der Waals surface area contributed by atoms with Gasteiger partial charge in [-0.25, -0.2) is 0 Å². The van der Waals surface area contributed by atoms with E-state index < -0.39 is 6.10 Å². The minimum atomic E-state index is -0.531. The highest BCUT2D eigenvalue weighted by Crippen LogP contribution is 2.21. The Morgan fingerprint density at radius 1 is 1.08 bits per heavy atom. The predicted octanol–water partition coefficient (Wildman–Crippen LogP) is 3.75. The van der Waals surface area contributed by atoms with Crippen molar-refractivity contribution in [3.63, 3.8) is 0 Å². The minimum Gasteiger partial charge on any atom is -0.481 e. The lowest BCUT2D eigenvalue weighted by Gasteiger charge is -2.15. The molecule has 0 aliphatic carbocycles. The van der Waals surface area contributed by atoms with Crippen molar-refractivity contribution in [1.82, 2.24) is 10.3 Å². The van der Waals surface area contributed by atoms with Gasteiger partial charge in [0.1, 0.15) is 5.75 Å². The molecule has 0 radical (unpaired) electrons. The van der Waals surface area contributed by atoms with Crippen molar-refractivity contribution >= 4 is 16.7 Å². The van der Waals surface area contributed by atoms with E-state index in [4.69, 9.17) is 4.74 Å². The molecule has 1 N–H and O–H groups in total. The van der Waals surface area contributed by atoms with Crippen LogP contribution in [-0.4, -0.2) is 23.5 Å². The molecule has 1 amide bonds. The third-order valence-electron chi connectivity index (χ3n) is 4.04. The van der Waals surface area contributed by atoms with Crippen molar-refractivity contribution in [2.75, 3.05) is 6.54 Å². The summed E-state index contributed by atoms with van der Waals surface area (Å²) in [5.74, 6) is 0.601. The second-order valence-corrected chi connectivity index (χ2v) is 5.98. The van der Waals surface area contributed by atoms with Gasteiger partial charge in [-0.05, 0) is 54.8 Å². The zero-order valence-electron chi connectivity index (χ0n) is 14.3. The second kappa shape index (κ2) is 8.29. The summed E-state index contributed by atoms with van der Waals surface area (Å²) in [4.78, 5) is 16.4. The number of amides is 1. The third kappa shape index (κ3) is 4.80. The van der Waals surface area contributed by atoms with Crippen LogP contribution in [0.1, 0.15) is 19.0 Å². The lowest BCUT2D eigenvalue weighted by Crippen LogP contribution is -2.36. The average molecular weight is 334 g/mol. The Kier molecular flexibility index (Phi) is 5.62. The van der Waals surface area contributed by atoms with Gasteiger partial charge in [0.25, 0.3) is 5.91 Å². The maximum Gasteiger partial charge on any atom is 0.260 e. The number of aryl methyl sites for hydroxylation is 1. The highest BCUT2D eigenvalue weighted by atomic mass is 16.5. The van der Waals surface area contributed by atoms with Crippen molar-refractivity contribution < 1.29 is 9.53 Å². The first kappa shape index (κ1) is 17.0. The molecule has 0 saturated heterocycles. The largest absolute Gasteiger partial charge is 0.481 e. The summed E-state index contributed by atoms with van der Waals surface area (Å²) in [5.41, 5.74) is 1.04. The van der Waals surface area contributed by atoms with Gasteiger partial charge < -0.3 is 10.1 Å². The number of benzene rings is 2. The maximum absolute atomic E-state index is 12.2. The van der Waals surface area contributed by atoms with Gasteiger partial charge in [-0.15, -0.1) is 0 Å². The lowest BCUT2D eigenvalue weighted by atomic mass is 10.1. The van der Waals surface area contributed by atoms with Gasteiger partial charge in [0.15, 0.2) is 6.10 Å². The molecule has 128 valence electrons. The molecule has 2 aromatic carbocycles. The molecule has 1 aromatic heterocycles. The van der Waals surface area contributed by atoms with Crippen molar-refractivity contribution in [2.45, 2.75) is 25.9 Å². The molecule has 3 rings (SSSR count). The lowest BCUT2D eigenvalue weighted by molar-refractivity contribution is -0.127. The monoisotopic (exact) mass is 334 g/mol. The Labute approximate surface area is 147 Å². The number of ether oxygens (including phenoxy) is 1. The van der Waals surface area contributed by atoms with Crippen LogP contribution in [0.4, 0.5) is 0 Å². The first-order valence-electron chi connectivity index (χ1n) is 8.55. The van der Waals surface area contributed by atoms with E-state index in [0.29, 0.717) is 12.3 Å². The first-order valence-corrected chi connectivity index (χ1v) is 8.55. The van der Waals surface area contributed by atoms with Gasteiger partial charge in [-0.2, -0.15) is 0 Å². The molecule has 25 heavy (non-hydrogen) atoms. The Bertz CT molecular complexity index is 833. The van der Waals surface area contributed by atoms with Crippen molar-refractivity contribution in [2.24, 2.45) is 0 Å². The number of fused-ring (bicyclic) bond motifs is 1. The average Bonchev–Trinajstić information content (AvgIpc) is 2.65. The molecule has 0 fully saturated rings. The van der Waals surface area contributed by atoms with Crippen molar-refractivity contribution in [3.8, 4) is 5.75 Å². The maximum atomic E-state index is 12.2. The summed E-state index contributed by atoms with van der Waals surface area (Å²) in [6.45, 7) is 2.38. The van der Waals surface area contributed by atoms with E-state index in [9.17, 15) is 4.79 Å². The van der Waals surface area contributed by atoms with Crippen LogP contribution in [0.2, 0.25) is 0 Å².